The fourth-order valence-corrected chi connectivity index (χ4v) is 3.87. The monoisotopic (exact) mass is 347 g/mol. The molecule has 8 heteroatoms. The Kier molecular flexibility index (Phi) is 4.22. The van der Waals surface area contributed by atoms with E-state index in [4.69, 9.17) is 20.7 Å². The molecule has 1 aliphatic heterocycles. The lowest BCUT2D eigenvalue weighted by Gasteiger charge is -2.48. The standard InChI is InChI=1S/C17H25N5O3/c1-9-12-13(10(18)8-20-15(12)25-21-9)22-7-5-6-11(24-16(19)23)14(22)17(2,3)4/h8,11,14H,5-7,18H2,1-4H3,(H2,19,23)/t11?,14-/m1/s1. The van der Waals surface area contributed by atoms with E-state index in [9.17, 15) is 4.79 Å². The number of amides is 1. The van der Waals surface area contributed by atoms with Crippen LogP contribution in [0.5, 0.6) is 0 Å². The van der Waals surface area contributed by atoms with Crippen molar-refractivity contribution in [2.24, 2.45) is 11.1 Å². The number of aryl methyl sites for hydroxylation is 1. The predicted octanol–water partition coefficient (Wildman–Crippen LogP) is 2.59. The summed E-state index contributed by atoms with van der Waals surface area (Å²) in [6, 6.07) is -0.0871. The third kappa shape index (κ3) is 3.08. The average Bonchev–Trinajstić information content (AvgIpc) is 2.87. The highest BCUT2D eigenvalue weighted by Gasteiger charge is 2.43. The minimum absolute atomic E-state index is 0.0871. The van der Waals surface area contributed by atoms with Crippen LogP contribution in [0.4, 0.5) is 16.2 Å². The topological polar surface area (TPSA) is 120 Å². The van der Waals surface area contributed by atoms with E-state index in [0.717, 1.165) is 36.2 Å². The maximum absolute atomic E-state index is 11.4. The van der Waals surface area contributed by atoms with Crippen molar-refractivity contribution in [1.82, 2.24) is 10.1 Å². The Morgan fingerprint density at radius 1 is 1.44 bits per heavy atom. The van der Waals surface area contributed by atoms with Crippen LogP contribution >= 0.6 is 0 Å². The smallest absolute Gasteiger partial charge is 0.404 e. The quantitative estimate of drug-likeness (QED) is 0.856. The normalized spacial score (nSPS) is 21.5. The molecule has 2 aromatic rings. The first kappa shape index (κ1) is 17.3. The van der Waals surface area contributed by atoms with Crippen molar-refractivity contribution in [3.05, 3.63) is 11.9 Å². The molecule has 136 valence electrons. The van der Waals surface area contributed by atoms with Crippen LogP contribution in [-0.4, -0.2) is 34.9 Å². The van der Waals surface area contributed by atoms with E-state index in [1.165, 1.54) is 0 Å². The van der Waals surface area contributed by atoms with E-state index in [0.29, 0.717) is 11.4 Å². The van der Waals surface area contributed by atoms with Gasteiger partial charge in [-0.05, 0) is 25.2 Å². The van der Waals surface area contributed by atoms with E-state index in [1.807, 2.05) is 6.92 Å². The van der Waals surface area contributed by atoms with Crippen LogP contribution in [0.15, 0.2) is 10.7 Å². The fraction of sp³-hybridized carbons (Fsp3) is 0.588. The van der Waals surface area contributed by atoms with Gasteiger partial charge in [-0.25, -0.2) is 9.78 Å². The summed E-state index contributed by atoms with van der Waals surface area (Å²) in [7, 11) is 0. The summed E-state index contributed by atoms with van der Waals surface area (Å²) in [5.41, 5.74) is 14.0. The maximum Gasteiger partial charge on any atom is 0.404 e. The van der Waals surface area contributed by atoms with Gasteiger partial charge in [-0.15, -0.1) is 0 Å². The molecule has 4 N–H and O–H groups in total. The summed E-state index contributed by atoms with van der Waals surface area (Å²) in [5, 5.41) is 4.82. The van der Waals surface area contributed by atoms with Crippen molar-refractivity contribution in [1.29, 1.82) is 0 Å². The number of hydrogen-bond acceptors (Lipinski definition) is 7. The Hall–Kier alpha value is -2.51. The number of nitrogen functional groups attached to an aromatic ring is 1. The summed E-state index contributed by atoms with van der Waals surface area (Å²) < 4.78 is 10.7. The van der Waals surface area contributed by atoms with Crippen molar-refractivity contribution < 1.29 is 14.1 Å². The number of piperidine rings is 1. The number of nitrogens with two attached hydrogens (primary N) is 2. The molecule has 0 spiro atoms. The first-order valence-electron chi connectivity index (χ1n) is 8.43. The summed E-state index contributed by atoms with van der Waals surface area (Å²) in [6.07, 6.45) is 2.14. The molecular formula is C17H25N5O3. The lowest BCUT2D eigenvalue weighted by molar-refractivity contribution is 0.0404. The summed E-state index contributed by atoms with van der Waals surface area (Å²) in [6.45, 7) is 8.99. The second-order valence-corrected chi connectivity index (χ2v) is 7.63. The number of nitrogens with zero attached hydrogens (tertiary/aromatic N) is 3. The molecule has 0 saturated carbocycles. The van der Waals surface area contributed by atoms with Gasteiger partial charge in [0.05, 0.1) is 34.7 Å². The summed E-state index contributed by atoms with van der Waals surface area (Å²) in [4.78, 5) is 17.8. The number of hydrogen-bond donors (Lipinski definition) is 2. The highest BCUT2D eigenvalue weighted by atomic mass is 16.6. The second kappa shape index (κ2) is 6.09. The molecule has 1 saturated heterocycles. The zero-order chi connectivity index (χ0) is 18.4. The molecule has 3 rings (SSSR count). The van der Waals surface area contributed by atoms with Gasteiger partial charge in [0, 0.05) is 6.54 Å². The van der Waals surface area contributed by atoms with Gasteiger partial charge in [0.2, 0.25) is 0 Å². The molecule has 25 heavy (non-hydrogen) atoms. The largest absolute Gasteiger partial charge is 0.444 e. The van der Waals surface area contributed by atoms with Gasteiger partial charge in [0.25, 0.3) is 5.71 Å². The number of aromatic nitrogens is 2. The first-order valence-corrected chi connectivity index (χ1v) is 8.43. The van der Waals surface area contributed by atoms with Crippen molar-refractivity contribution in [3.8, 4) is 0 Å². The van der Waals surface area contributed by atoms with Gasteiger partial charge in [0.15, 0.2) is 0 Å². The van der Waals surface area contributed by atoms with Crippen molar-refractivity contribution in [2.75, 3.05) is 17.2 Å². The van der Waals surface area contributed by atoms with E-state index in [-0.39, 0.29) is 17.6 Å². The Labute approximate surface area is 146 Å². The van der Waals surface area contributed by atoms with E-state index >= 15 is 0 Å². The number of rotatable bonds is 2. The molecule has 1 unspecified atom stereocenters. The zero-order valence-corrected chi connectivity index (χ0v) is 15.1. The third-order valence-electron chi connectivity index (χ3n) is 4.69. The molecule has 1 amide bonds. The van der Waals surface area contributed by atoms with Crippen LogP contribution < -0.4 is 16.4 Å². The van der Waals surface area contributed by atoms with Gasteiger partial charge in [-0.1, -0.05) is 25.9 Å². The summed E-state index contributed by atoms with van der Waals surface area (Å²) in [5.74, 6) is 0. The van der Waals surface area contributed by atoms with Crippen LogP contribution in [-0.2, 0) is 4.74 Å². The third-order valence-corrected chi connectivity index (χ3v) is 4.69. The highest BCUT2D eigenvalue weighted by Crippen LogP contribution is 2.42. The molecule has 1 aliphatic rings. The van der Waals surface area contributed by atoms with Crippen molar-refractivity contribution >= 4 is 28.6 Å². The average molecular weight is 347 g/mol. The van der Waals surface area contributed by atoms with Crippen LogP contribution in [0.2, 0.25) is 0 Å². The number of ether oxygens (including phenoxy) is 1. The molecule has 2 atom stereocenters. The van der Waals surface area contributed by atoms with Gasteiger partial charge in [-0.2, -0.15) is 0 Å². The molecule has 8 nitrogen and oxygen atoms in total. The SMILES string of the molecule is Cc1noc2ncc(N)c(N3CCCC(OC(N)=O)[C@@H]3C(C)(C)C)c12. The molecule has 0 radical (unpaired) electrons. The van der Waals surface area contributed by atoms with Crippen LogP contribution in [0.1, 0.15) is 39.3 Å². The lowest BCUT2D eigenvalue weighted by atomic mass is 9.78. The number of fused-ring (bicyclic) bond motifs is 1. The number of carbonyl (C=O) groups is 1. The number of carbonyl (C=O) groups excluding carboxylic acids is 1. The number of primary amides is 1. The molecule has 0 aromatic carbocycles. The minimum Gasteiger partial charge on any atom is -0.444 e. The fourth-order valence-electron chi connectivity index (χ4n) is 3.87. The van der Waals surface area contributed by atoms with Gasteiger partial charge in [0.1, 0.15) is 6.10 Å². The molecule has 0 bridgehead atoms. The Bertz CT molecular complexity index is 795. The molecule has 0 aliphatic carbocycles. The zero-order valence-electron chi connectivity index (χ0n) is 15.1. The van der Waals surface area contributed by atoms with E-state index in [1.54, 1.807) is 6.20 Å². The van der Waals surface area contributed by atoms with Crippen molar-refractivity contribution in [2.45, 2.75) is 52.7 Å². The Morgan fingerprint density at radius 3 is 2.80 bits per heavy atom. The predicted molar refractivity (Wildman–Crippen MR) is 95.2 cm³/mol. The van der Waals surface area contributed by atoms with E-state index < -0.39 is 6.09 Å². The number of pyridine rings is 1. The van der Waals surface area contributed by atoms with Crippen LogP contribution in [0.3, 0.4) is 0 Å². The first-order chi connectivity index (χ1) is 11.7. The second-order valence-electron chi connectivity index (χ2n) is 7.63. The molecule has 1 fully saturated rings. The highest BCUT2D eigenvalue weighted by molar-refractivity contribution is 5.97. The van der Waals surface area contributed by atoms with E-state index in [2.05, 4.69) is 35.8 Å². The molecule has 2 aromatic heterocycles. The Morgan fingerprint density at radius 2 is 2.16 bits per heavy atom. The lowest BCUT2D eigenvalue weighted by Crippen LogP contribution is -2.57. The number of anilines is 2. The van der Waals surface area contributed by atoms with Gasteiger partial charge >= 0.3 is 6.09 Å². The van der Waals surface area contributed by atoms with Gasteiger partial charge < -0.3 is 25.6 Å². The van der Waals surface area contributed by atoms with Crippen molar-refractivity contribution in [3.63, 3.8) is 0 Å². The molecule has 3 heterocycles. The summed E-state index contributed by atoms with van der Waals surface area (Å²) >= 11 is 0. The maximum atomic E-state index is 11.4. The van der Waals surface area contributed by atoms with Crippen LogP contribution in [0, 0.1) is 12.3 Å². The van der Waals surface area contributed by atoms with Crippen LogP contribution in [0.25, 0.3) is 11.1 Å². The Balaban J connectivity index is 2.15. The van der Waals surface area contributed by atoms with Gasteiger partial charge in [-0.3, -0.25) is 0 Å². The molecular weight excluding hydrogens is 322 g/mol. The minimum atomic E-state index is -0.755.